The predicted octanol–water partition coefficient (Wildman–Crippen LogP) is 4.38. The zero-order chi connectivity index (χ0) is 24.2. The lowest BCUT2D eigenvalue weighted by molar-refractivity contribution is 0.0677. The molecule has 0 bridgehead atoms. The van der Waals surface area contributed by atoms with Gasteiger partial charge in [0.25, 0.3) is 5.91 Å². The minimum atomic E-state index is -0.238. The summed E-state index contributed by atoms with van der Waals surface area (Å²) in [6.07, 6.45) is 5.17. The molecule has 8 heteroatoms. The van der Waals surface area contributed by atoms with Gasteiger partial charge in [-0.2, -0.15) is 5.10 Å². The molecule has 3 amide bonds. The number of benzene rings is 2. The van der Waals surface area contributed by atoms with E-state index in [0.29, 0.717) is 30.8 Å². The lowest BCUT2D eigenvalue weighted by Gasteiger charge is -2.32. The van der Waals surface area contributed by atoms with Gasteiger partial charge in [0.1, 0.15) is 5.56 Å². The monoisotopic (exact) mass is 468 g/mol. The van der Waals surface area contributed by atoms with Gasteiger partial charge in [-0.25, -0.2) is 14.3 Å². The Morgan fingerprint density at radius 2 is 1.86 bits per heavy atom. The molecule has 5 rings (SSSR count). The van der Waals surface area contributed by atoms with Gasteiger partial charge in [0.2, 0.25) is 0 Å². The number of carbonyl (C=O) groups excluding carboxylic acids is 2. The van der Waals surface area contributed by atoms with Gasteiger partial charge >= 0.3 is 6.03 Å². The molecule has 0 saturated carbocycles. The van der Waals surface area contributed by atoms with Crippen LogP contribution in [0.4, 0.5) is 10.5 Å². The van der Waals surface area contributed by atoms with E-state index in [2.05, 4.69) is 20.7 Å². The van der Waals surface area contributed by atoms with Crippen LogP contribution in [0, 0.1) is 12.8 Å². The quantitative estimate of drug-likeness (QED) is 0.455. The molecule has 1 unspecified atom stereocenters. The molecule has 0 spiro atoms. The van der Waals surface area contributed by atoms with E-state index in [4.69, 9.17) is 0 Å². The maximum atomic E-state index is 13.4. The molecule has 1 fully saturated rings. The van der Waals surface area contributed by atoms with Crippen molar-refractivity contribution >= 4 is 23.3 Å². The van der Waals surface area contributed by atoms with Crippen LogP contribution in [0.2, 0.25) is 0 Å². The number of nitrogens with one attached hydrogen (secondary N) is 2. The Kier molecular flexibility index (Phi) is 6.43. The maximum absolute atomic E-state index is 13.4. The van der Waals surface area contributed by atoms with E-state index in [1.165, 1.54) is 0 Å². The van der Waals surface area contributed by atoms with Crippen molar-refractivity contribution in [3.8, 4) is 11.3 Å². The van der Waals surface area contributed by atoms with Gasteiger partial charge in [0.05, 0.1) is 11.9 Å². The van der Waals surface area contributed by atoms with Crippen molar-refractivity contribution in [1.29, 1.82) is 0 Å². The normalized spacial score (nSPS) is 15.7. The molecule has 1 atom stereocenters. The van der Waals surface area contributed by atoms with Gasteiger partial charge in [-0.1, -0.05) is 48.0 Å². The van der Waals surface area contributed by atoms with E-state index in [-0.39, 0.29) is 17.9 Å². The Morgan fingerprint density at radius 1 is 1.06 bits per heavy atom. The van der Waals surface area contributed by atoms with Crippen molar-refractivity contribution in [2.45, 2.75) is 19.8 Å². The number of urea groups is 1. The number of fused-ring (bicyclic) bond motifs is 1. The molecule has 1 aliphatic heterocycles. The number of aryl methyl sites for hydroxylation is 1. The smallest absolute Gasteiger partial charge is 0.319 e. The molecule has 2 aromatic heterocycles. The zero-order valence-corrected chi connectivity index (χ0v) is 19.6. The summed E-state index contributed by atoms with van der Waals surface area (Å²) in [4.78, 5) is 32.0. The third kappa shape index (κ3) is 5.01. The highest BCUT2D eigenvalue weighted by molar-refractivity contribution is 6.00. The first-order valence-corrected chi connectivity index (χ1v) is 11.9. The summed E-state index contributed by atoms with van der Waals surface area (Å²) in [5.74, 6) is 0.109. The summed E-state index contributed by atoms with van der Waals surface area (Å²) < 4.78 is 1.72. The summed E-state index contributed by atoms with van der Waals surface area (Å²) in [6, 6.07) is 19.3. The number of aromatic nitrogens is 3. The summed E-state index contributed by atoms with van der Waals surface area (Å²) in [5.41, 5.74) is 4.83. The van der Waals surface area contributed by atoms with Crippen molar-refractivity contribution < 1.29 is 9.59 Å². The molecule has 2 N–H and O–H groups in total. The van der Waals surface area contributed by atoms with Crippen LogP contribution in [-0.2, 0) is 0 Å². The number of hydrogen-bond donors (Lipinski definition) is 2. The van der Waals surface area contributed by atoms with Crippen LogP contribution < -0.4 is 10.6 Å². The fraction of sp³-hybridized carbons (Fsp3) is 0.259. The molecule has 35 heavy (non-hydrogen) atoms. The van der Waals surface area contributed by atoms with E-state index in [1.807, 2.05) is 72.5 Å². The number of hydrogen-bond acceptors (Lipinski definition) is 4. The van der Waals surface area contributed by atoms with Crippen LogP contribution in [-0.4, -0.2) is 51.1 Å². The molecule has 8 nitrogen and oxygen atoms in total. The van der Waals surface area contributed by atoms with Crippen molar-refractivity contribution in [3.05, 3.63) is 84.2 Å². The molecule has 2 aromatic carbocycles. The second-order valence-corrected chi connectivity index (χ2v) is 8.95. The van der Waals surface area contributed by atoms with Crippen LogP contribution in [0.25, 0.3) is 16.9 Å². The molecule has 3 heterocycles. The van der Waals surface area contributed by atoms with Crippen molar-refractivity contribution in [2.24, 2.45) is 5.92 Å². The van der Waals surface area contributed by atoms with Gasteiger partial charge in [-0.3, -0.25) is 4.79 Å². The first-order chi connectivity index (χ1) is 17.1. The van der Waals surface area contributed by atoms with Crippen molar-refractivity contribution in [1.82, 2.24) is 24.8 Å². The molecule has 178 valence electrons. The minimum Gasteiger partial charge on any atom is -0.338 e. The van der Waals surface area contributed by atoms with E-state index in [1.54, 1.807) is 16.9 Å². The van der Waals surface area contributed by atoms with Crippen LogP contribution >= 0.6 is 0 Å². The molecule has 4 aromatic rings. The van der Waals surface area contributed by atoms with E-state index < -0.39 is 0 Å². The molecule has 0 radical (unpaired) electrons. The van der Waals surface area contributed by atoms with Crippen LogP contribution in [0.15, 0.2) is 73.1 Å². The Balaban J connectivity index is 1.24. The predicted molar refractivity (Wildman–Crippen MR) is 135 cm³/mol. The third-order valence-corrected chi connectivity index (χ3v) is 6.37. The van der Waals surface area contributed by atoms with Gasteiger partial charge < -0.3 is 15.5 Å². The molecule has 0 aliphatic carbocycles. The largest absolute Gasteiger partial charge is 0.338 e. The highest BCUT2D eigenvalue weighted by Crippen LogP contribution is 2.23. The number of rotatable bonds is 5. The van der Waals surface area contributed by atoms with Gasteiger partial charge in [0, 0.05) is 37.1 Å². The molecule has 1 aliphatic rings. The number of amides is 3. The highest BCUT2D eigenvalue weighted by atomic mass is 16.2. The third-order valence-electron chi connectivity index (χ3n) is 6.37. The van der Waals surface area contributed by atoms with Crippen molar-refractivity contribution in [3.63, 3.8) is 0 Å². The molecular formula is C27H28N6O2. The maximum Gasteiger partial charge on any atom is 0.319 e. The lowest BCUT2D eigenvalue weighted by Crippen LogP contribution is -2.44. The number of nitrogens with zero attached hydrogens (tertiary/aromatic N) is 4. The average molecular weight is 469 g/mol. The van der Waals surface area contributed by atoms with E-state index >= 15 is 0 Å². The van der Waals surface area contributed by atoms with Gasteiger partial charge in [0.15, 0.2) is 5.65 Å². The second-order valence-electron chi connectivity index (χ2n) is 8.95. The number of likely N-dealkylation sites (tertiary alicyclic amines) is 1. The molecular weight excluding hydrogens is 440 g/mol. The van der Waals surface area contributed by atoms with Gasteiger partial charge in [-0.15, -0.1) is 0 Å². The fourth-order valence-corrected chi connectivity index (χ4v) is 4.51. The summed E-state index contributed by atoms with van der Waals surface area (Å²) in [5, 5.41) is 10.3. The fourth-order valence-electron chi connectivity index (χ4n) is 4.51. The Hall–Kier alpha value is -4.20. The zero-order valence-electron chi connectivity index (χ0n) is 19.6. The summed E-state index contributed by atoms with van der Waals surface area (Å²) in [7, 11) is 0. The first kappa shape index (κ1) is 22.6. The lowest BCUT2D eigenvalue weighted by atomic mass is 9.97. The minimum absolute atomic E-state index is 0.0773. The topological polar surface area (TPSA) is 91.6 Å². The van der Waals surface area contributed by atoms with Crippen LogP contribution in [0.1, 0.15) is 28.8 Å². The second kappa shape index (κ2) is 9.97. The first-order valence-electron chi connectivity index (χ1n) is 11.9. The highest BCUT2D eigenvalue weighted by Gasteiger charge is 2.27. The van der Waals surface area contributed by atoms with E-state index in [9.17, 15) is 9.59 Å². The van der Waals surface area contributed by atoms with Crippen LogP contribution in [0.5, 0.6) is 0 Å². The standard InChI is InChI=1S/C27H28N6O2/c1-19-9-11-22(12-10-19)31-27(35)29-16-20-6-5-15-32(18-20)26(34)23-17-30-33-24(13-14-28-25(23)33)21-7-3-2-4-8-21/h2-4,7-14,17,20H,5-6,15-16,18H2,1H3,(H2,29,31,35). The number of carbonyl (C=O) groups is 2. The average Bonchev–Trinajstić information content (AvgIpc) is 3.33. The Morgan fingerprint density at radius 3 is 2.66 bits per heavy atom. The van der Waals surface area contributed by atoms with Crippen LogP contribution in [0.3, 0.4) is 0 Å². The Labute approximate surface area is 204 Å². The number of anilines is 1. The SMILES string of the molecule is Cc1ccc(NC(=O)NCC2CCCN(C(=O)c3cnn4c(-c5ccccc5)ccnc34)C2)cc1. The summed E-state index contributed by atoms with van der Waals surface area (Å²) in [6.45, 7) is 3.78. The van der Waals surface area contributed by atoms with E-state index in [0.717, 1.165) is 35.3 Å². The Bertz CT molecular complexity index is 1330. The van der Waals surface area contributed by atoms with Gasteiger partial charge in [-0.05, 0) is 43.9 Å². The summed E-state index contributed by atoms with van der Waals surface area (Å²) >= 11 is 0. The molecule has 1 saturated heterocycles. The van der Waals surface area contributed by atoms with Crippen molar-refractivity contribution in [2.75, 3.05) is 25.0 Å². The number of piperidine rings is 1.